The zero-order valence-electron chi connectivity index (χ0n) is 10.6. The average molecular weight is 214 g/mol. The minimum Gasteiger partial charge on any atom is -0.392 e. The van der Waals surface area contributed by atoms with E-state index < -0.39 is 0 Å². The van der Waals surface area contributed by atoms with Gasteiger partial charge in [-0.15, -0.1) is 0 Å². The van der Waals surface area contributed by atoms with E-state index in [2.05, 4.69) is 38.2 Å². The molecule has 1 aliphatic rings. The fourth-order valence-corrected chi connectivity index (χ4v) is 2.50. The van der Waals surface area contributed by atoms with Crippen molar-refractivity contribution in [1.82, 2.24) is 10.2 Å². The zero-order chi connectivity index (χ0) is 11.5. The minimum atomic E-state index is -0.125. The molecule has 1 fully saturated rings. The van der Waals surface area contributed by atoms with Gasteiger partial charge in [0.15, 0.2) is 0 Å². The molecule has 0 unspecified atom stereocenters. The van der Waals surface area contributed by atoms with Gasteiger partial charge in [0.05, 0.1) is 6.10 Å². The van der Waals surface area contributed by atoms with Gasteiger partial charge in [0, 0.05) is 19.1 Å². The summed E-state index contributed by atoms with van der Waals surface area (Å²) in [6.07, 6.45) is 3.12. The molecule has 0 saturated heterocycles. The van der Waals surface area contributed by atoms with Crippen LogP contribution < -0.4 is 5.32 Å². The Kier molecular flexibility index (Phi) is 4.56. The third kappa shape index (κ3) is 4.49. The molecule has 0 amide bonds. The van der Waals surface area contributed by atoms with Crippen molar-refractivity contribution >= 4 is 0 Å². The quantitative estimate of drug-likeness (QED) is 0.719. The molecule has 0 spiro atoms. The lowest BCUT2D eigenvalue weighted by molar-refractivity contribution is 0.137. The third-order valence-electron chi connectivity index (χ3n) is 3.07. The molecule has 0 radical (unpaired) electrons. The van der Waals surface area contributed by atoms with Gasteiger partial charge >= 0.3 is 0 Å². The van der Waals surface area contributed by atoms with E-state index in [4.69, 9.17) is 0 Å². The lowest BCUT2D eigenvalue weighted by atomic mass is 9.92. The Morgan fingerprint density at radius 1 is 1.33 bits per heavy atom. The number of nitrogens with one attached hydrogen (secondary N) is 1. The van der Waals surface area contributed by atoms with Crippen LogP contribution in [0, 0.1) is 5.41 Å². The Bertz CT molecular complexity index is 192. The molecule has 0 bridgehead atoms. The molecule has 2 atom stereocenters. The molecule has 0 aromatic heterocycles. The van der Waals surface area contributed by atoms with Crippen LogP contribution in [0.3, 0.4) is 0 Å². The summed E-state index contributed by atoms with van der Waals surface area (Å²) in [6, 6.07) is 0.325. The summed E-state index contributed by atoms with van der Waals surface area (Å²) in [6.45, 7) is 6.58. The molecule has 0 heterocycles. The van der Waals surface area contributed by atoms with Crippen LogP contribution in [0.25, 0.3) is 0 Å². The molecule has 1 rings (SSSR count). The van der Waals surface area contributed by atoms with Crippen molar-refractivity contribution in [2.45, 2.75) is 45.3 Å². The van der Waals surface area contributed by atoms with E-state index in [1.165, 1.54) is 0 Å². The van der Waals surface area contributed by atoms with Crippen molar-refractivity contribution < 1.29 is 5.11 Å². The molecule has 15 heavy (non-hydrogen) atoms. The van der Waals surface area contributed by atoms with E-state index in [1.54, 1.807) is 0 Å². The molecule has 0 aromatic rings. The van der Waals surface area contributed by atoms with Gasteiger partial charge in [-0.3, -0.25) is 0 Å². The molecule has 2 N–H and O–H groups in total. The Morgan fingerprint density at radius 3 is 2.47 bits per heavy atom. The highest BCUT2D eigenvalue weighted by atomic mass is 16.3. The maximum Gasteiger partial charge on any atom is 0.0693 e. The van der Waals surface area contributed by atoms with Gasteiger partial charge in [0.1, 0.15) is 0 Å². The number of hydrogen-bond acceptors (Lipinski definition) is 3. The second kappa shape index (κ2) is 5.28. The molecule has 1 saturated carbocycles. The maximum absolute atomic E-state index is 9.69. The van der Waals surface area contributed by atoms with Crippen LogP contribution in [0.15, 0.2) is 0 Å². The normalized spacial score (nSPS) is 27.6. The minimum absolute atomic E-state index is 0.125. The Hall–Kier alpha value is -0.120. The zero-order valence-corrected chi connectivity index (χ0v) is 10.6. The van der Waals surface area contributed by atoms with Crippen molar-refractivity contribution in [3.63, 3.8) is 0 Å². The van der Waals surface area contributed by atoms with Crippen molar-refractivity contribution in [2.24, 2.45) is 5.41 Å². The first-order valence-corrected chi connectivity index (χ1v) is 5.97. The van der Waals surface area contributed by atoms with Crippen LogP contribution in [0.5, 0.6) is 0 Å². The van der Waals surface area contributed by atoms with Gasteiger partial charge < -0.3 is 15.3 Å². The van der Waals surface area contributed by atoms with Gasteiger partial charge in [-0.25, -0.2) is 0 Å². The third-order valence-corrected chi connectivity index (χ3v) is 3.07. The average Bonchev–Trinajstić information content (AvgIpc) is 2.45. The number of rotatable bonds is 5. The van der Waals surface area contributed by atoms with Crippen molar-refractivity contribution in [3.05, 3.63) is 0 Å². The van der Waals surface area contributed by atoms with Crippen molar-refractivity contribution in [3.8, 4) is 0 Å². The molecule has 0 aliphatic heterocycles. The van der Waals surface area contributed by atoms with Crippen LogP contribution in [0.2, 0.25) is 0 Å². The fourth-order valence-electron chi connectivity index (χ4n) is 2.50. The first-order valence-electron chi connectivity index (χ1n) is 5.97. The Balaban J connectivity index is 2.28. The van der Waals surface area contributed by atoms with Gasteiger partial charge in [-0.2, -0.15) is 0 Å². The van der Waals surface area contributed by atoms with E-state index in [0.29, 0.717) is 6.04 Å². The predicted octanol–water partition coefficient (Wildman–Crippen LogP) is 1.08. The molecular formula is C12H26N2O. The Labute approximate surface area is 93.9 Å². The summed E-state index contributed by atoms with van der Waals surface area (Å²) in [4.78, 5) is 2.22. The highest BCUT2D eigenvalue weighted by Crippen LogP contribution is 2.21. The second-order valence-corrected chi connectivity index (χ2v) is 5.89. The Morgan fingerprint density at radius 2 is 2.00 bits per heavy atom. The maximum atomic E-state index is 9.69. The number of hydrogen-bond donors (Lipinski definition) is 2. The van der Waals surface area contributed by atoms with Crippen molar-refractivity contribution in [2.75, 3.05) is 27.2 Å². The van der Waals surface area contributed by atoms with E-state index in [0.717, 1.165) is 32.4 Å². The van der Waals surface area contributed by atoms with Crippen LogP contribution in [-0.2, 0) is 0 Å². The van der Waals surface area contributed by atoms with Crippen LogP contribution in [0.4, 0.5) is 0 Å². The summed E-state index contributed by atoms with van der Waals surface area (Å²) >= 11 is 0. The van der Waals surface area contributed by atoms with Crippen molar-refractivity contribution in [1.29, 1.82) is 0 Å². The highest BCUT2D eigenvalue weighted by Gasteiger charge is 2.27. The number of aliphatic hydroxyl groups excluding tert-OH is 1. The summed E-state index contributed by atoms with van der Waals surface area (Å²) in [5.74, 6) is 0. The van der Waals surface area contributed by atoms with E-state index in [9.17, 15) is 5.11 Å². The predicted molar refractivity (Wildman–Crippen MR) is 64.0 cm³/mol. The molecule has 3 nitrogen and oxygen atoms in total. The van der Waals surface area contributed by atoms with E-state index in [-0.39, 0.29) is 11.5 Å². The summed E-state index contributed by atoms with van der Waals surface area (Å²) in [5.41, 5.74) is 0.270. The standard InChI is InChI=1S/C12H26N2O/c1-12(2,9-14(3)4)8-13-10-6-5-7-11(10)15/h10-11,13,15H,5-9H2,1-4H3/t10-,11-/m1/s1. The lowest BCUT2D eigenvalue weighted by Crippen LogP contribution is -2.44. The van der Waals surface area contributed by atoms with Gasteiger partial charge in [-0.05, 0) is 38.8 Å². The fraction of sp³-hybridized carbons (Fsp3) is 1.00. The highest BCUT2D eigenvalue weighted by molar-refractivity contribution is 4.85. The molecular weight excluding hydrogens is 188 g/mol. The largest absolute Gasteiger partial charge is 0.392 e. The summed E-state index contributed by atoms with van der Waals surface area (Å²) < 4.78 is 0. The number of nitrogens with zero attached hydrogens (tertiary/aromatic N) is 1. The summed E-state index contributed by atoms with van der Waals surface area (Å²) in [5, 5.41) is 13.2. The van der Waals surface area contributed by atoms with Gasteiger partial charge in [0.2, 0.25) is 0 Å². The lowest BCUT2D eigenvalue weighted by Gasteiger charge is -2.30. The van der Waals surface area contributed by atoms with Crippen LogP contribution in [0.1, 0.15) is 33.1 Å². The van der Waals surface area contributed by atoms with Crippen LogP contribution in [-0.4, -0.2) is 49.3 Å². The monoisotopic (exact) mass is 214 g/mol. The topological polar surface area (TPSA) is 35.5 Å². The summed E-state index contributed by atoms with van der Waals surface area (Å²) in [7, 11) is 4.21. The second-order valence-electron chi connectivity index (χ2n) is 5.89. The van der Waals surface area contributed by atoms with E-state index >= 15 is 0 Å². The first kappa shape index (κ1) is 12.9. The molecule has 90 valence electrons. The molecule has 3 heteroatoms. The van der Waals surface area contributed by atoms with Crippen LogP contribution >= 0.6 is 0 Å². The molecule has 1 aliphatic carbocycles. The van der Waals surface area contributed by atoms with Gasteiger partial charge in [-0.1, -0.05) is 13.8 Å². The first-order chi connectivity index (χ1) is 6.91. The number of aliphatic hydroxyl groups is 1. The smallest absolute Gasteiger partial charge is 0.0693 e. The molecule has 0 aromatic carbocycles. The SMILES string of the molecule is CN(C)CC(C)(C)CN[C@@H]1CCC[C@H]1O. The van der Waals surface area contributed by atoms with E-state index in [1.807, 2.05) is 0 Å². The van der Waals surface area contributed by atoms with Gasteiger partial charge in [0.25, 0.3) is 0 Å².